The van der Waals surface area contributed by atoms with Crippen LogP contribution in [-0.2, 0) is 0 Å². The molecular formula is C20H18ClN3O3. The molecule has 7 heteroatoms. The molecule has 0 radical (unpaired) electrons. The Morgan fingerprint density at radius 2 is 1.85 bits per heavy atom. The van der Waals surface area contributed by atoms with Gasteiger partial charge in [-0.1, -0.05) is 17.7 Å². The number of carbonyl (C=O) groups excluding carboxylic acids is 1. The van der Waals surface area contributed by atoms with E-state index in [9.17, 15) is 4.79 Å². The molecule has 0 unspecified atom stereocenters. The summed E-state index contributed by atoms with van der Waals surface area (Å²) in [5.74, 6) is 0.909. The molecule has 0 saturated carbocycles. The number of hydrogen-bond donors (Lipinski definition) is 2. The number of hydrogen-bond acceptors (Lipinski definition) is 5. The molecular weight excluding hydrogens is 366 g/mol. The van der Waals surface area contributed by atoms with Gasteiger partial charge in [-0.25, -0.2) is 4.98 Å². The van der Waals surface area contributed by atoms with Gasteiger partial charge in [-0.3, -0.25) is 4.79 Å². The summed E-state index contributed by atoms with van der Waals surface area (Å²) in [5, 5.41) is 6.46. The fourth-order valence-electron chi connectivity index (χ4n) is 2.43. The number of nitrogens with one attached hydrogen (secondary N) is 2. The van der Waals surface area contributed by atoms with E-state index in [1.165, 1.54) is 7.11 Å². The molecule has 27 heavy (non-hydrogen) atoms. The van der Waals surface area contributed by atoms with Gasteiger partial charge in [0.25, 0.3) is 5.91 Å². The minimum Gasteiger partial charge on any atom is -0.497 e. The summed E-state index contributed by atoms with van der Waals surface area (Å²) < 4.78 is 10.4. The van der Waals surface area contributed by atoms with Gasteiger partial charge in [0.1, 0.15) is 17.2 Å². The quantitative estimate of drug-likeness (QED) is 0.642. The van der Waals surface area contributed by atoms with E-state index in [0.29, 0.717) is 16.5 Å². The van der Waals surface area contributed by atoms with Crippen LogP contribution >= 0.6 is 11.6 Å². The average Bonchev–Trinajstić information content (AvgIpc) is 2.69. The second kappa shape index (κ2) is 8.42. The molecule has 2 N–H and O–H groups in total. The molecule has 0 saturated heterocycles. The van der Waals surface area contributed by atoms with Crippen molar-refractivity contribution in [2.45, 2.75) is 0 Å². The molecule has 1 amide bonds. The predicted molar refractivity (Wildman–Crippen MR) is 106 cm³/mol. The lowest BCUT2D eigenvalue weighted by Gasteiger charge is -2.11. The molecule has 2 aromatic carbocycles. The number of pyridine rings is 1. The Bertz CT molecular complexity index is 945. The first kappa shape index (κ1) is 18.5. The first-order valence-corrected chi connectivity index (χ1v) is 8.49. The van der Waals surface area contributed by atoms with Gasteiger partial charge in [-0.2, -0.15) is 0 Å². The van der Waals surface area contributed by atoms with Gasteiger partial charge >= 0.3 is 0 Å². The number of methoxy groups -OCH3 is 2. The first-order chi connectivity index (χ1) is 13.1. The summed E-state index contributed by atoms with van der Waals surface area (Å²) in [7, 11) is 3.14. The van der Waals surface area contributed by atoms with Crippen LogP contribution in [0, 0.1) is 0 Å². The second-order valence-corrected chi connectivity index (χ2v) is 6.02. The topological polar surface area (TPSA) is 72.5 Å². The second-order valence-electron chi connectivity index (χ2n) is 5.59. The summed E-state index contributed by atoms with van der Waals surface area (Å²) in [4.78, 5) is 16.6. The molecule has 0 aliphatic carbocycles. The van der Waals surface area contributed by atoms with E-state index in [1.807, 2.05) is 24.3 Å². The molecule has 3 aromatic rings. The molecule has 0 bridgehead atoms. The summed E-state index contributed by atoms with van der Waals surface area (Å²) in [6.07, 6.45) is 1.59. The molecule has 0 atom stereocenters. The summed E-state index contributed by atoms with van der Waals surface area (Å²) in [6.45, 7) is 0. The van der Waals surface area contributed by atoms with Crippen molar-refractivity contribution in [1.29, 1.82) is 0 Å². The zero-order chi connectivity index (χ0) is 19.2. The summed E-state index contributed by atoms with van der Waals surface area (Å²) in [5.41, 5.74) is 2.36. The molecule has 1 aromatic heterocycles. The van der Waals surface area contributed by atoms with Crippen LogP contribution < -0.4 is 20.1 Å². The summed E-state index contributed by atoms with van der Waals surface area (Å²) in [6, 6.07) is 15.9. The number of benzene rings is 2. The Morgan fingerprint density at radius 1 is 1.00 bits per heavy atom. The normalized spacial score (nSPS) is 10.2. The highest BCUT2D eigenvalue weighted by atomic mass is 35.5. The van der Waals surface area contributed by atoms with Crippen LogP contribution in [-0.4, -0.2) is 25.1 Å². The molecule has 6 nitrogen and oxygen atoms in total. The molecule has 0 spiro atoms. The van der Waals surface area contributed by atoms with Crippen molar-refractivity contribution in [2.75, 3.05) is 24.9 Å². The van der Waals surface area contributed by atoms with Gasteiger partial charge in [0.05, 0.1) is 31.8 Å². The number of rotatable bonds is 6. The summed E-state index contributed by atoms with van der Waals surface area (Å²) >= 11 is 5.98. The van der Waals surface area contributed by atoms with Crippen molar-refractivity contribution in [1.82, 2.24) is 4.98 Å². The third-order valence-corrected chi connectivity index (χ3v) is 4.00. The highest BCUT2D eigenvalue weighted by Crippen LogP contribution is 2.28. The Kier molecular flexibility index (Phi) is 5.78. The average molecular weight is 384 g/mol. The number of anilines is 3. The van der Waals surface area contributed by atoms with Crippen molar-refractivity contribution in [3.05, 3.63) is 71.5 Å². The Labute approximate surface area is 162 Å². The largest absolute Gasteiger partial charge is 0.497 e. The number of halogens is 1. The zero-order valence-electron chi connectivity index (χ0n) is 14.8. The van der Waals surface area contributed by atoms with E-state index >= 15 is 0 Å². The lowest BCUT2D eigenvalue weighted by atomic mass is 10.2. The van der Waals surface area contributed by atoms with Gasteiger partial charge in [-0.05, 0) is 42.5 Å². The molecule has 0 aliphatic heterocycles. The number of aromatic nitrogens is 1. The minimum atomic E-state index is -0.358. The van der Waals surface area contributed by atoms with Gasteiger partial charge < -0.3 is 20.1 Å². The lowest BCUT2D eigenvalue weighted by molar-refractivity contribution is 0.102. The third kappa shape index (κ3) is 4.68. The Hall–Kier alpha value is -3.25. The lowest BCUT2D eigenvalue weighted by Crippen LogP contribution is -2.14. The van der Waals surface area contributed by atoms with Crippen LogP contribution in [0.2, 0.25) is 5.02 Å². The number of ether oxygens (including phenoxy) is 2. The van der Waals surface area contributed by atoms with Crippen LogP contribution in [0.5, 0.6) is 11.5 Å². The van der Waals surface area contributed by atoms with E-state index in [0.717, 1.165) is 17.1 Å². The van der Waals surface area contributed by atoms with Crippen LogP contribution in [0.4, 0.5) is 17.1 Å². The van der Waals surface area contributed by atoms with Crippen LogP contribution in [0.25, 0.3) is 0 Å². The maximum absolute atomic E-state index is 12.4. The standard InChI is InChI=1S/C20H18ClN3O3/c1-26-16-5-3-4-14(11-16)23-15-7-8-17(22-12-15)20(25)24-18-10-13(21)6-9-19(18)27-2/h3-12,23H,1-2H3,(H,24,25). The third-order valence-electron chi connectivity index (χ3n) is 3.76. The Morgan fingerprint density at radius 3 is 2.56 bits per heavy atom. The van der Waals surface area contributed by atoms with E-state index in [1.54, 1.807) is 43.6 Å². The highest BCUT2D eigenvalue weighted by molar-refractivity contribution is 6.31. The molecule has 0 fully saturated rings. The molecule has 0 aliphatic rings. The highest BCUT2D eigenvalue weighted by Gasteiger charge is 2.11. The van der Waals surface area contributed by atoms with Crippen LogP contribution in [0.15, 0.2) is 60.8 Å². The minimum absolute atomic E-state index is 0.272. The number of carbonyl (C=O) groups is 1. The van der Waals surface area contributed by atoms with Crippen molar-refractivity contribution in [2.24, 2.45) is 0 Å². The smallest absolute Gasteiger partial charge is 0.274 e. The first-order valence-electron chi connectivity index (χ1n) is 8.11. The van der Waals surface area contributed by atoms with Gasteiger partial charge in [0.2, 0.25) is 0 Å². The monoisotopic (exact) mass is 383 g/mol. The van der Waals surface area contributed by atoms with Crippen LogP contribution in [0.3, 0.4) is 0 Å². The van der Waals surface area contributed by atoms with Gasteiger partial charge in [0.15, 0.2) is 0 Å². The van der Waals surface area contributed by atoms with E-state index in [4.69, 9.17) is 21.1 Å². The van der Waals surface area contributed by atoms with Crippen molar-refractivity contribution in [3.8, 4) is 11.5 Å². The van der Waals surface area contributed by atoms with Crippen molar-refractivity contribution >= 4 is 34.6 Å². The van der Waals surface area contributed by atoms with Crippen molar-refractivity contribution < 1.29 is 14.3 Å². The zero-order valence-corrected chi connectivity index (χ0v) is 15.6. The fraction of sp³-hybridized carbons (Fsp3) is 0.100. The predicted octanol–water partition coefficient (Wildman–Crippen LogP) is 4.75. The number of amides is 1. The number of nitrogens with zero attached hydrogens (tertiary/aromatic N) is 1. The molecule has 138 valence electrons. The fourth-order valence-corrected chi connectivity index (χ4v) is 2.61. The van der Waals surface area contributed by atoms with E-state index in [2.05, 4.69) is 15.6 Å². The SMILES string of the molecule is COc1cccc(Nc2ccc(C(=O)Nc3cc(Cl)ccc3OC)nc2)c1. The van der Waals surface area contributed by atoms with Gasteiger partial charge in [-0.15, -0.1) is 0 Å². The van der Waals surface area contributed by atoms with E-state index < -0.39 is 0 Å². The van der Waals surface area contributed by atoms with E-state index in [-0.39, 0.29) is 11.6 Å². The van der Waals surface area contributed by atoms with Gasteiger partial charge in [0, 0.05) is 16.8 Å². The molecule has 1 heterocycles. The van der Waals surface area contributed by atoms with Crippen molar-refractivity contribution in [3.63, 3.8) is 0 Å². The molecule has 3 rings (SSSR count). The maximum atomic E-state index is 12.4. The van der Waals surface area contributed by atoms with Crippen LogP contribution in [0.1, 0.15) is 10.5 Å². The Balaban J connectivity index is 1.71. The maximum Gasteiger partial charge on any atom is 0.274 e.